The van der Waals surface area contributed by atoms with Crippen LogP contribution in [0.5, 0.6) is 0 Å². The Balaban J connectivity index is 1.95. The second-order valence-corrected chi connectivity index (χ2v) is 11.9. The second kappa shape index (κ2) is 11.5. The number of aryl methyl sites for hydroxylation is 6. The lowest BCUT2D eigenvalue weighted by Gasteiger charge is -2.36. The van der Waals surface area contributed by atoms with Gasteiger partial charge in [0.25, 0.3) is 0 Å². The van der Waals surface area contributed by atoms with Crippen molar-refractivity contribution in [1.82, 2.24) is 0 Å². The van der Waals surface area contributed by atoms with Gasteiger partial charge in [0.15, 0.2) is 0 Å². The van der Waals surface area contributed by atoms with E-state index in [1.165, 1.54) is 92.4 Å². The molecule has 0 N–H and O–H groups in total. The summed E-state index contributed by atoms with van der Waals surface area (Å²) in [6, 6.07) is 29.5. The van der Waals surface area contributed by atoms with Crippen LogP contribution in [0.15, 0.2) is 72.8 Å². The Hall–Kier alpha value is -3.12. The molecule has 0 aliphatic heterocycles. The first kappa shape index (κ1) is 27.4. The van der Waals surface area contributed by atoms with Crippen molar-refractivity contribution in [2.75, 3.05) is 0 Å². The Morgan fingerprint density at radius 3 is 1.08 bits per heavy atom. The first-order valence-corrected chi connectivity index (χ1v) is 15.4. The lowest BCUT2D eigenvalue weighted by Crippen LogP contribution is -2.29. The summed E-state index contributed by atoms with van der Waals surface area (Å²) in [6.07, 6.45) is 9.16. The van der Waals surface area contributed by atoms with E-state index in [4.69, 9.17) is 0 Å². The highest BCUT2D eigenvalue weighted by atomic mass is 14.5. The summed E-state index contributed by atoms with van der Waals surface area (Å²) < 4.78 is 0. The summed E-state index contributed by atoms with van der Waals surface area (Å²) in [7, 11) is 0. The monoisotopic (exact) mass is 514 g/mol. The minimum atomic E-state index is -0.318. The van der Waals surface area contributed by atoms with Crippen molar-refractivity contribution < 1.29 is 0 Å². The Kier molecular flexibility index (Phi) is 8.13. The van der Waals surface area contributed by atoms with E-state index in [1.54, 1.807) is 0 Å². The van der Waals surface area contributed by atoms with Gasteiger partial charge >= 0.3 is 0 Å². The molecule has 1 aliphatic rings. The van der Waals surface area contributed by atoms with E-state index in [9.17, 15) is 0 Å². The van der Waals surface area contributed by atoms with Crippen LogP contribution in [0.2, 0.25) is 0 Å². The molecule has 202 valence electrons. The van der Waals surface area contributed by atoms with Crippen molar-refractivity contribution in [3.05, 3.63) is 128 Å². The zero-order chi connectivity index (χ0) is 27.6. The molecule has 39 heavy (non-hydrogen) atoms. The zero-order valence-electron chi connectivity index (χ0n) is 25.1. The number of benzene rings is 4. The standard InChI is InChI=1S/C39H46/c1-7-11-29-21-30(12-8-2)24-33(23-29)39(34-25-31(13-9-3)22-32(26-34)14-10-4)37-19-27(5)15-17-35(37)36-18-16-28(6)20-38(36)39/h15-26H,7-14H2,1-6H3. The molecule has 5 rings (SSSR count). The molecule has 0 heteroatoms. The van der Waals surface area contributed by atoms with Crippen molar-refractivity contribution in [3.8, 4) is 11.1 Å². The zero-order valence-corrected chi connectivity index (χ0v) is 25.1. The number of hydrogen-bond donors (Lipinski definition) is 0. The predicted molar refractivity (Wildman–Crippen MR) is 169 cm³/mol. The first-order valence-electron chi connectivity index (χ1n) is 15.4. The maximum atomic E-state index is 2.55. The Morgan fingerprint density at radius 1 is 0.436 bits per heavy atom. The van der Waals surface area contributed by atoms with Gasteiger partial charge in [-0.2, -0.15) is 0 Å². The van der Waals surface area contributed by atoms with Crippen LogP contribution in [0.25, 0.3) is 11.1 Å². The van der Waals surface area contributed by atoms with E-state index in [-0.39, 0.29) is 5.41 Å². The molecule has 0 unspecified atom stereocenters. The van der Waals surface area contributed by atoms with Crippen LogP contribution in [0.1, 0.15) is 109 Å². The van der Waals surface area contributed by atoms with Gasteiger partial charge in [0.05, 0.1) is 5.41 Å². The van der Waals surface area contributed by atoms with Crippen molar-refractivity contribution in [2.24, 2.45) is 0 Å². The fourth-order valence-electron chi connectivity index (χ4n) is 7.03. The summed E-state index contributed by atoms with van der Waals surface area (Å²) >= 11 is 0. The summed E-state index contributed by atoms with van der Waals surface area (Å²) in [5.41, 5.74) is 16.9. The fraction of sp³-hybridized carbons (Fsp3) is 0.385. The molecule has 0 fully saturated rings. The molecule has 0 radical (unpaired) electrons. The molecule has 0 saturated heterocycles. The average Bonchev–Trinajstić information content (AvgIpc) is 3.18. The molecule has 4 aromatic rings. The van der Waals surface area contributed by atoms with Gasteiger partial charge in [-0.05, 0) is 95.2 Å². The van der Waals surface area contributed by atoms with Crippen LogP contribution >= 0.6 is 0 Å². The summed E-state index contributed by atoms with van der Waals surface area (Å²) in [4.78, 5) is 0. The Labute approximate surface area is 237 Å². The van der Waals surface area contributed by atoms with Crippen LogP contribution in [-0.4, -0.2) is 0 Å². The third-order valence-corrected chi connectivity index (χ3v) is 8.57. The number of fused-ring (bicyclic) bond motifs is 3. The molecule has 0 aromatic heterocycles. The largest absolute Gasteiger partial charge is 0.0714 e. The van der Waals surface area contributed by atoms with E-state index in [1.807, 2.05) is 0 Å². The number of rotatable bonds is 10. The summed E-state index contributed by atoms with van der Waals surface area (Å²) in [5, 5.41) is 0. The normalized spacial score (nSPS) is 13.4. The molecule has 0 bridgehead atoms. The molecule has 0 saturated carbocycles. The maximum absolute atomic E-state index is 2.55. The van der Waals surface area contributed by atoms with E-state index < -0.39 is 0 Å². The highest BCUT2D eigenvalue weighted by Gasteiger charge is 2.46. The topological polar surface area (TPSA) is 0 Å². The Bertz CT molecular complexity index is 1310. The summed E-state index contributed by atoms with van der Waals surface area (Å²) in [6.45, 7) is 13.7. The van der Waals surface area contributed by atoms with Gasteiger partial charge in [-0.3, -0.25) is 0 Å². The predicted octanol–water partition coefficient (Wildman–Crippen LogP) is 10.5. The van der Waals surface area contributed by atoms with Gasteiger partial charge < -0.3 is 0 Å². The SMILES string of the molecule is CCCc1cc(CCC)cc(C2(c3cc(CCC)cc(CCC)c3)c3cc(C)ccc3-c3ccc(C)cc32)c1. The van der Waals surface area contributed by atoms with Gasteiger partial charge in [0, 0.05) is 0 Å². The molecule has 1 aliphatic carbocycles. The van der Waals surface area contributed by atoms with Crippen LogP contribution in [0.4, 0.5) is 0 Å². The van der Waals surface area contributed by atoms with Crippen LogP contribution in [0, 0.1) is 13.8 Å². The van der Waals surface area contributed by atoms with Crippen molar-refractivity contribution in [1.29, 1.82) is 0 Å². The molecular formula is C39H46. The minimum absolute atomic E-state index is 0.318. The summed E-state index contributed by atoms with van der Waals surface area (Å²) in [5.74, 6) is 0. The fourth-order valence-corrected chi connectivity index (χ4v) is 7.03. The maximum Gasteiger partial charge on any atom is 0.0714 e. The van der Waals surface area contributed by atoms with Gasteiger partial charge in [-0.25, -0.2) is 0 Å². The highest BCUT2D eigenvalue weighted by molar-refractivity contribution is 5.87. The van der Waals surface area contributed by atoms with Gasteiger partial charge in [0.1, 0.15) is 0 Å². The molecule has 0 amide bonds. The Morgan fingerprint density at radius 2 is 0.769 bits per heavy atom. The van der Waals surface area contributed by atoms with Crippen molar-refractivity contribution in [2.45, 2.75) is 98.3 Å². The quantitative estimate of drug-likeness (QED) is 0.174. The number of hydrogen-bond acceptors (Lipinski definition) is 0. The average molecular weight is 515 g/mol. The van der Waals surface area contributed by atoms with Crippen LogP contribution < -0.4 is 0 Å². The lowest BCUT2D eigenvalue weighted by atomic mass is 9.66. The first-order chi connectivity index (χ1) is 18.9. The molecular weight excluding hydrogens is 468 g/mol. The molecule has 0 heterocycles. The molecule has 0 atom stereocenters. The second-order valence-electron chi connectivity index (χ2n) is 11.9. The molecule has 0 spiro atoms. The van der Waals surface area contributed by atoms with Gasteiger partial charge in [-0.15, -0.1) is 0 Å². The van der Waals surface area contributed by atoms with Crippen LogP contribution in [0.3, 0.4) is 0 Å². The molecule has 4 aromatic carbocycles. The van der Waals surface area contributed by atoms with Crippen LogP contribution in [-0.2, 0) is 31.1 Å². The molecule has 0 nitrogen and oxygen atoms in total. The lowest BCUT2D eigenvalue weighted by molar-refractivity contribution is 0.750. The van der Waals surface area contributed by atoms with E-state index in [0.29, 0.717) is 0 Å². The minimum Gasteiger partial charge on any atom is -0.0651 e. The smallest absolute Gasteiger partial charge is 0.0651 e. The third-order valence-electron chi connectivity index (χ3n) is 8.57. The van der Waals surface area contributed by atoms with E-state index in [0.717, 1.165) is 25.7 Å². The van der Waals surface area contributed by atoms with Gasteiger partial charge in [0.2, 0.25) is 0 Å². The van der Waals surface area contributed by atoms with E-state index in [2.05, 4.69) is 114 Å². The van der Waals surface area contributed by atoms with E-state index >= 15 is 0 Å². The van der Waals surface area contributed by atoms with Crippen molar-refractivity contribution >= 4 is 0 Å². The van der Waals surface area contributed by atoms with Crippen molar-refractivity contribution in [3.63, 3.8) is 0 Å². The van der Waals surface area contributed by atoms with Gasteiger partial charge in [-0.1, -0.05) is 137 Å². The highest BCUT2D eigenvalue weighted by Crippen LogP contribution is 2.57. The third kappa shape index (κ3) is 5.00.